The number of hydrogen-bond donors (Lipinski definition) is 0. The van der Waals surface area contributed by atoms with Gasteiger partial charge in [0.05, 0.1) is 26.5 Å². The summed E-state index contributed by atoms with van der Waals surface area (Å²) in [5, 5.41) is 4.18. The van der Waals surface area contributed by atoms with E-state index < -0.39 is 5.97 Å². The van der Waals surface area contributed by atoms with Crippen LogP contribution in [0.25, 0.3) is 0 Å². The molecule has 0 aromatic carbocycles. The van der Waals surface area contributed by atoms with Crippen molar-refractivity contribution < 1.29 is 18.4 Å². The molecular weight excluding hydrogens is 314 g/mol. The van der Waals surface area contributed by atoms with Gasteiger partial charge in [0.25, 0.3) is 0 Å². The topological polar surface area (TPSA) is 55.8 Å². The quantitative estimate of drug-likeness (QED) is 0.614. The van der Waals surface area contributed by atoms with Gasteiger partial charge in [-0.1, -0.05) is 0 Å². The van der Waals surface area contributed by atoms with E-state index in [-0.39, 0.29) is 5.76 Å². The van der Waals surface area contributed by atoms with E-state index in [0.29, 0.717) is 18.8 Å². The molecule has 6 heteroatoms. The average molecular weight is 331 g/mol. The Morgan fingerprint density at radius 3 is 2.74 bits per heavy atom. The summed E-state index contributed by atoms with van der Waals surface area (Å²) in [4.78, 5) is 13.7. The minimum atomic E-state index is -0.466. The second-order valence-corrected chi connectivity index (χ2v) is 5.89. The van der Waals surface area contributed by atoms with E-state index in [1.165, 1.54) is 12.7 Å². The maximum Gasteiger partial charge on any atom is 0.373 e. The number of rotatable bonds is 7. The lowest BCUT2D eigenvalue weighted by Gasteiger charge is -2.19. The van der Waals surface area contributed by atoms with E-state index in [0.717, 1.165) is 12.3 Å². The molecular formula is C17H17NO4S. The van der Waals surface area contributed by atoms with Crippen molar-refractivity contribution in [3.05, 3.63) is 70.2 Å². The van der Waals surface area contributed by atoms with Gasteiger partial charge in [-0.15, -0.1) is 0 Å². The number of esters is 1. The summed E-state index contributed by atoms with van der Waals surface area (Å²) in [6.45, 7) is 2.02. The standard InChI is InChI=1S/C17H17NO4S/c1-20-17(19)16-5-4-15(22-16)11-18(9-13-6-8-23-12-13)10-14-3-2-7-21-14/h2-8,12H,9-11H2,1H3. The molecule has 0 spiro atoms. The van der Waals surface area contributed by atoms with Crippen molar-refractivity contribution in [2.45, 2.75) is 19.6 Å². The second kappa shape index (κ2) is 7.30. The Kier molecular flexibility index (Phi) is 4.95. The number of thiophene rings is 1. The van der Waals surface area contributed by atoms with E-state index >= 15 is 0 Å². The molecule has 3 rings (SSSR count). The number of furan rings is 2. The first kappa shape index (κ1) is 15.6. The largest absolute Gasteiger partial charge is 0.468 e. The summed E-state index contributed by atoms with van der Waals surface area (Å²) < 4.78 is 15.7. The second-order valence-electron chi connectivity index (χ2n) is 5.11. The van der Waals surface area contributed by atoms with Crippen LogP contribution in [0.3, 0.4) is 0 Å². The number of ether oxygens (including phenoxy) is 1. The lowest BCUT2D eigenvalue weighted by molar-refractivity contribution is 0.0560. The number of hydrogen-bond acceptors (Lipinski definition) is 6. The lowest BCUT2D eigenvalue weighted by atomic mass is 10.2. The molecule has 3 aromatic rings. The highest BCUT2D eigenvalue weighted by molar-refractivity contribution is 7.07. The first-order chi connectivity index (χ1) is 11.2. The predicted octanol–water partition coefficient (Wildman–Crippen LogP) is 3.92. The van der Waals surface area contributed by atoms with Gasteiger partial charge < -0.3 is 13.6 Å². The van der Waals surface area contributed by atoms with Gasteiger partial charge in [-0.05, 0) is 46.7 Å². The third kappa shape index (κ3) is 4.12. The third-order valence-electron chi connectivity index (χ3n) is 3.37. The Morgan fingerprint density at radius 1 is 1.17 bits per heavy atom. The molecule has 0 unspecified atom stereocenters. The van der Waals surface area contributed by atoms with Crippen molar-refractivity contribution >= 4 is 17.3 Å². The predicted molar refractivity (Wildman–Crippen MR) is 86.0 cm³/mol. The van der Waals surface area contributed by atoms with Crippen LogP contribution in [0.4, 0.5) is 0 Å². The summed E-state index contributed by atoms with van der Waals surface area (Å²) in [6, 6.07) is 9.36. The molecule has 5 nitrogen and oxygen atoms in total. The number of nitrogens with zero attached hydrogens (tertiary/aromatic N) is 1. The van der Waals surface area contributed by atoms with E-state index in [9.17, 15) is 4.79 Å². The fraction of sp³-hybridized carbons (Fsp3) is 0.235. The molecule has 0 fully saturated rings. The van der Waals surface area contributed by atoms with Gasteiger partial charge in [-0.25, -0.2) is 4.79 Å². The first-order valence-corrected chi connectivity index (χ1v) is 8.11. The van der Waals surface area contributed by atoms with E-state index in [1.807, 2.05) is 12.1 Å². The molecule has 3 heterocycles. The molecule has 0 aliphatic carbocycles. The molecule has 23 heavy (non-hydrogen) atoms. The van der Waals surface area contributed by atoms with Crippen molar-refractivity contribution in [2.75, 3.05) is 7.11 Å². The van der Waals surface area contributed by atoms with Crippen LogP contribution in [0.2, 0.25) is 0 Å². The van der Waals surface area contributed by atoms with Crippen LogP contribution in [-0.4, -0.2) is 18.0 Å². The Balaban J connectivity index is 1.72. The van der Waals surface area contributed by atoms with Gasteiger partial charge in [-0.3, -0.25) is 4.90 Å². The molecule has 0 N–H and O–H groups in total. The molecule has 0 amide bonds. The molecule has 0 aliphatic rings. The van der Waals surface area contributed by atoms with Crippen molar-refractivity contribution in [1.29, 1.82) is 0 Å². The van der Waals surface area contributed by atoms with Gasteiger partial charge in [0.15, 0.2) is 0 Å². The van der Waals surface area contributed by atoms with Gasteiger partial charge in [0.1, 0.15) is 11.5 Å². The number of methoxy groups -OCH3 is 1. The van der Waals surface area contributed by atoms with E-state index in [1.54, 1.807) is 29.7 Å². The molecule has 0 saturated carbocycles. The van der Waals surface area contributed by atoms with Gasteiger partial charge in [0.2, 0.25) is 5.76 Å². The van der Waals surface area contributed by atoms with Crippen molar-refractivity contribution in [1.82, 2.24) is 4.90 Å². The highest BCUT2D eigenvalue weighted by Crippen LogP contribution is 2.18. The maximum absolute atomic E-state index is 11.5. The van der Waals surface area contributed by atoms with Crippen molar-refractivity contribution in [3.8, 4) is 0 Å². The summed E-state index contributed by atoms with van der Waals surface area (Å²) in [7, 11) is 1.34. The summed E-state index contributed by atoms with van der Waals surface area (Å²) in [6.07, 6.45) is 1.67. The number of carbonyl (C=O) groups is 1. The Hall–Kier alpha value is -2.31. The molecule has 0 bridgehead atoms. The first-order valence-electron chi connectivity index (χ1n) is 7.17. The zero-order valence-corrected chi connectivity index (χ0v) is 13.5. The van der Waals surface area contributed by atoms with Crippen LogP contribution in [0.1, 0.15) is 27.6 Å². The lowest BCUT2D eigenvalue weighted by Crippen LogP contribution is -2.21. The maximum atomic E-state index is 11.5. The van der Waals surface area contributed by atoms with E-state index in [2.05, 4.69) is 26.5 Å². The van der Waals surface area contributed by atoms with Gasteiger partial charge in [0, 0.05) is 6.54 Å². The summed E-state index contributed by atoms with van der Waals surface area (Å²) in [5.41, 5.74) is 1.24. The molecule has 120 valence electrons. The van der Waals surface area contributed by atoms with Crippen LogP contribution in [0.5, 0.6) is 0 Å². The van der Waals surface area contributed by atoms with E-state index in [4.69, 9.17) is 8.83 Å². The fourth-order valence-corrected chi connectivity index (χ4v) is 2.98. The third-order valence-corrected chi connectivity index (χ3v) is 4.11. The zero-order valence-electron chi connectivity index (χ0n) is 12.7. The zero-order chi connectivity index (χ0) is 16.1. The van der Waals surface area contributed by atoms with Crippen LogP contribution in [0, 0.1) is 0 Å². The molecule has 0 atom stereocenters. The smallest absolute Gasteiger partial charge is 0.373 e. The van der Waals surface area contributed by atoms with Crippen LogP contribution in [-0.2, 0) is 24.4 Å². The van der Waals surface area contributed by atoms with Crippen LogP contribution >= 0.6 is 11.3 Å². The fourth-order valence-electron chi connectivity index (χ4n) is 2.33. The SMILES string of the molecule is COC(=O)c1ccc(CN(Cc2ccsc2)Cc2ccco2)o1. The number of carbonyl (C=O) groups excluding carboxylic acids is 1. The summed E-state index contributed by atoms with van der Waals surface area (Å²) in [5.74, 6) is 1.36. The summed E-state index contributed by atoms with van der Waals surface area (Å²) >= 11 is 1.67. The minimum absolute atomic E-state index is 0.219. The molecule has 0 radical (unpaired) electrons. The van der Waals surface area contributed by atoms with Crippen LogP contribution in [0.15, 0.2) is 56.2 Å². The molecule has 0 saturated heterocycles. The Morgan fingerprint density at radius 2 is 2.04 bits per heavy atom. The Bertz CT molecular complexity index is 694. The van der Waals surface area contributed by atoms with Gasteiger partial charge in [-0.2, -0.15) is 11.3 Å². The highest BCUT2D eigenvalue weighted by atomic mass is 32.1. The van der Waals surface area contributed by atoms with Gasteiger partial charge >= 0.3 is 5.97 Å². The average Bonchev–Trinajstić information content (AvgIpc) is 3.28. The monoisotopic (exact) mass is 331 g/mol. The molecule has 3 aromatic heterocycles. The molecule has 0 aliphatic heterocycles. The normalized spacial score (nSPS) is 11.0. The van der Waals surface area contributed by atoms with Crippen molar-refractivity contribution in [2.24, 2.45) is 0 Å². The minimum Gasteiger partial charge on any atom is -0.468 e. The highest BCUT2D eigenvalue weighted by Gasteiger charge is 2.15. The van der Waals surface area contributed by atoms with Crippen LogP contribution < -0.4 is 0 Å². The van der Waals surface area contributed by atoms with Crippen molar-refractivity contribution in [3.63, 3.8) is 0 Å². The Labute approximate surface area is 138 Å².